The number of ether oxygens (including phenoxy) is 2. The first-order valence-corrected chi connectivity index (χ1v) is 11.8. The quantitative estimate of drug-likeness (QED) is 0.443. The summed E-state index contributed by atoms with van der Waals surface area (Å²) in [6, 6.07) is 0. The van der Waals surface area contributed by atoms with Gasteiger partial charge in [0.25, 0.3) is 0 Å². The fraction of sp³-hybridized carbons (Fsp3) is 0.708. The average Bonchev–Trinajstić information content (AvgIpc) is 3.23. The van der Waals surface area contributed by atoms with Gasteiger partial charge in [0.2, 0.25) is 17.6 Å². The second-order valence-corrected chi connectivity index (χ2v) is 9.55. The molecule has 2 aromatic rings. The Balaban J connectivity index is 1.70. The Morgan fingerprint density at radius 2 is 1.97 bits per heavy atom. The molecule has 2 heterocycles. The molecule has 0 unspecified atom stereocenters. The first kappa shape index (κ1) is 24.1. The van der Waals surface area contributed by atoms with Gasteiger partial charge in [-0.3, -0.25) is 9.78 Å². The van der Waals surface area contributed by atoms with Crippen LogP contribution in [-0.4, -0.2) is 38.3 Å². The van der Waals surface area contributed by atoms with Crippen molar-refractivity contribution in [2.45, 2.75) is 97.0 Å². The van der Waals surface area contributed by atoms with Crippen molar-refractivity contribution in [3.63, 3.8) is 0 Å². The zero-order chi connectivity index (χ0) is 23.0. The Kier molecular flexibility index (Phi) is 8.59. The Morgan fingerprint density at radius 1 is 1.19 bits per heavy atom. The molecule has 0 aliphatic heterocycles. The molecular weight excluding hydrogens is 408 g/mol. The molecule has 0 aromatic carbocycles. The summed E-state index contributed by atoms with van der Waals surface area (Å²) in [5.41, 5.74) is -0.0526. The topological polar surface area (TPSA) is 100 Å². The summed E-state index contributed by atoms with van der Waals surface area (Å²) in [6.07, 6.45) is 13.0. The van der Waals surface area contributed by atoms with Crippen LogP contribution in [0.1, 0.15) is 97.3 Å². The number of carbonyl (C=O) groups excluding carboxylic acids is 1. The van der Waals surface area contributed by atoms with Crippen LogP contribution in [0.3, 0.4) is 0 Å². The lowest BCUT2D eigenvalue weighted by molar-refractivity contribution is -0.155. The van der Waals surface area contributed by atoms with Gasteiger partial charge < -0.3 is 14.0 Å². The van der Waals surface area contributed by atoms with E-state index in [0.717, 1.165) is 18.8 Å². The Bertz CT molecular complexity index is 856. The van der Waals surface area contributed by atoms with Crippen LogP contribution >= 0.6 is 0 Å². The second-order valence-electron chi connectivity index (χ2n) is 9.55. The van der Waals surface area contributed by atoms with E-state index in [0.29, 0.717) is 29.9 Å². The Morgan fingerprint density at radius 3 is 2.69 bits per heavy atom. The molecule has 1 aliphatic rings. The van der Waals surface area contributed by atoms with Crippen molar-refractivity contribution in [2.24, 2.45) is 5.92 Å². The highest BCUT2D eigenvalue weighted by Gasteiger charge is 2.27. The average molecular weight is 445 g/mol. The fourth-order valence-corrected chi connectivity index (χ4v) is 4.20. The lowest BCUT2D eigenvalue weighted by Gasteiger charge is -2.23. The molecular formula is C24H36N4O4. The van der Waals surface area contributed by atoms with E-state index < -0.39 is 5.60 Å². The van der Waals surface area contributed by atoms with Gasteiger partial charge in [-0.05, 0) is 40.0 Å². The predicted octanol–water partition coefficient (Wildman–Crippen LogP) is 5.49. The molecule has 1 aliphatic carbocycles. The first-order chi connectivity index (χ1) is 15.3. The molecule has 8 nitrogen and oxygen atoms in total. The number of esters is 1. The van der Waals surface area contributed by atoms with Crippen LogP contribution in [0.25, 0.3) is 11.5 Å². The molecule has 0 radical (unpaired) electrons. The number of hydrogen-bond acceptors (Lipinski definition) is 8. The highest BCUT2D eigenvalue weighted by Crippen LogP contribution is 2.32. The van der Waals surface area contributed by atoms with Crippen LogP contribution in [-0.2, 0) is 9.53 Å². The molecule has 176 valence electrons. The van der Waals surface area contributed by atoms with Crippen molar-refractivity contribution < 1.29 is 18.8 Å². The molecule has 2 aromatic heterocycles. The number of nitrogens with zero attached hydrogens (tertiary/aromatic N) is 4. The molecule has 32 heavy (non-hydrogen) atoms. The van der Waals surface area contributed by atoms with Gasteiger partial charge in [-0.25, -0.2) is 4.98 Å². The van der Waals surface area contributed by atoms with Gasteiger partial charge in [-0.2, -0.15) is 4.98 Å². The number of rotatable bonds is 10. The van der Waals surface area contributed by atoms with E-state index in [4.69, 9.17) is 14.0 Å². The standard InChI is InChI=1S/C24H36N4O4/c1-5-30-20-16-25-15-19(26-20)22-27-23(32-28-22)18(14-21(29)31-24(2,3)4)13-9-12-17-10-7-6-8-11-17/h15-18H,5-14H2,1-4H3/t18-/m1/s1. The molecule has 1 atom stereocenters. The molecule has 0 amide bonds. The summed E-state index contributed by atoms with van der Waals surface area (Å²) in [4.78, 5) is 25.6. The third-order valence-electron chi connectivity index (χ3n) is 5.65. The first-order valence-electron chi connectivity index (χ1n) is 11.8. The maximum atomic E-state index is 12.5. The van der Waals surface area contributed by atoms with Gasteiger partial charge in [-0.15, -0.1) is 0 Å². The van der Waals surface area contributed by atoms with Crippen molar-refractivity contribution >= 4 is 5.97 Å². The maximum Gasteiger partial charge on any atom is 0.307 e. The van der Waals surface area contributed by atoms with Crippen LogP contribution in [0.5, 0.6) is 5.88 Å². The summed E-state index contributed by atoms with van der Waals surface area (Å²) >= 11 is 0. The van der Waals surface area contributed by atoms with E-state index >= 15 is 0 Å². The summed E-state index contributed by atoms with van der Waals surface area (Å²) in [7, 11) is 0. The Labute approximate surface area is 190 Å². The molecule has 0 saturated heterocycles. The van der Waals surface area contributed by atoms with Gasteiger partial charge in [0.05, 0.1) is 25.4 Å². The van der Waals surface area contributed by atoms with Crippen LogP contribution < -0.4 is 4.74 Å². The maximum absolute atomic E-state index is 12.5. The minimum Gasteiger partial charge on any atom is -0.477 e. The molecule has 8 heteroatoms. The third kappa shape index (κ3) is 7.57. The van der Waals surface area contributed by atoms with Crippen LogP contribution in [0, 0.1) is 5.92 Å². The Hall–Kier alpha value is -2.51. The van der Waals surface area contributed by atoms with Crippen molar-refractivity contribution in [1.82, 2.24) is 20.1 Å². The largest absolute Gasteiger partial charge is 0.477 e. The summed E-state index contributed by atoms with van der Waals surface area (Å²) in [5.74, 6) is 1.55. The van der Waals surface area contributed by atoms with Gasteiger partial charge >= 0.3 is 5.97 Å². The number of aromatic nitrogens is 4. The molecule has 1 saturated carbocycles. The van der Waals surface area contributed by atoms with Crippen molar-refractivity contribution in [2.75, 3.05) is 6.61 Å². The summed E-state index contributed by atoms with van der Waals surface area (Å²) in [5, 5.41) is 4.09. The number of carbonyl (C=O) groups is 1. The minimum absolute atomic E-state index is 0.183. The second kappa shape index (κ2) is 11.4. The summed E-state index contributed by atoms with van der Waals surface area (Å²) in [6.45, 7) is 8.00. The zero-order valence-corrected chi connectivity index (χ0v) is 19.8. The fourth-order valence-electron chi connectivity index (χ4n) is 4.20. The van der Waals surface area contributed by atoms with E-state index in [9.17, 15) is 4.79 Å². The minimum atomic E-state index is -0.529. The molecule has 0 spiro atoms. The van der Waals surface area contributed by atoms with Crippen molar-refractivity contribution in [3.05, 3.63) is 18.3 Å². The van der Waals surface area contributed by atoms with E-state index in [-0.39, 0.29) is 18.3 Å². The molecule has 0 N–H and O–H groups in total. The van der Waals surface area contributed by atoms with Crippen LogP contribution in [0.4, 0.5) is 0 Å². The van der Waals surface area contributed by atoms with Gasteiger partial charge in [0.1, 0.15) is 11.3 Å². The SMILES string of the molecule is CCOc1cncc(-c2noc([C@H](CCCC3CCCCC3)CC(=O)OC(C)(C)C)n2)n1. The van der Waals surface area contributed by atoms with Gasteiger partial charge in [0.15, 0.2) is 0 Å². The zero-order valence-electron chi connectivity index (χ0n) is 19.8. The number of hydrogen-bond donors (Lipinski definition) is 0. The molecule has 1 fully saturated rings. The van der Waals surface area contributed by atoms with E-state index in [1.54, 1.807) is 12.4 Å². The van der Waals surface area contributed by atoms with Crippen LogP contribution in [0.2, 0.25) is 0 Å². The van der Waals surface area contributed by atoms with Crippen molar-refractivity contribution in [3.8, 4) is 17.4 Å². The lowest BCUT2D eigenvalue weighted by atomic mass is 9.84. The van der Waals surface area contributed by atoms with Crippen molar-refractivity contribution in [1.29, 1.82) is 0 Å². The monoisotopic (exact) mass is 444 g/mol. The van der Waals surface area contributed by atoms with E-state index in [2.05, 4.69) is 20.1 Å². The van der Waals surface area contributed by atoms with Gasteiger partial charge in [0, 0.05) is 5.92 Å². The summed E-state index contributed by atoms with van der Waals surface area (Å²) < 4.78 is 16.5. The van der Waals surface area contributed by atoms with Crippen LogP contribution in [0.15, 0.2) is 16.9 Å². The highest BCUT2D eigenvalue weighted by atomic mass is 16.6. The van der Waals surface area contributed by atoms with Gasteiger partial charge in [-0.1, -0.05) is 50.1 Å². The molecule has 0 bridgehead atoms. The lowest BCUT2D eigenvalue weighted by Crippen LogP contribution is -2.25. The molecule has 3 rings (SSSR count). The highest BCUT2D eigenvalue weighted by molar-refractivity contribution is 5.70. The third-order valence-corrected chi connectivity index (χ3v) is 5.65. The van der Waals surface area contributed by atoms with E-state index in [1.165, 1.54) is 38.5 Å². The smallest absolute Gasteiger partial charge is 0.307 e. The predicted molar refractivity (Wildman–Crippen MR) is 120 cm³/mol. The van der Waals surface area contributed by atoms with E-state index in [1.807, 2.05) is 27.7 Å². The normalized spacial score (nSPS) is 16.0.